The Morgan fingerprint density at radius 1 is 0.867 bits per heavy atom. The van der Waals surface area contributed by atoms with Gasteiger partial charge >= 0.3 is 11.9 Å². The van der Waals surface area contributed by atoms with E-state index in [4.69, 9.17) is 18.9 Å². The van der Waals surface area contributed by atoms with Crippen LogP contribution in [0.15, 0.2) is 48.0 Å². The highest BCUT2D eigenvalue weighted by Crippen LogP contribution is 2.45. The minimum atomic E-state index is -0.836. The molecule has 2 atom stereocenters. The highest BCUT2D eigenvalue weighted by Gasteiger charge is 2.42. The van der Waals surface area contributed by atoms with Gasteiger partial charge in [0.05, 0.1) is 38.9 Å². The first-order valence-electron chi connectivity index (χ1n) is 9.91. The van der Waals surface area contributed by atoms with Crippen molar-refractivity contribution in [2.45, 2.75) is 19.8 Å². The molecule has 0 saturated carbocycles. The van der Waals surface area contributed by atoms with Gasteiger partial charge in [-0.3, -0.25) is 4.79 Å². The predicted octanol–water partition coefficient (Wildman–Crippen LogP) is 3.98. The molecule has 0 N–H and O–H groups in total. The van der Waals surface area contributed by atoms with Gasteiger partial charge in [0.25, 0.3) is 0 Å². The molecular weight excluding hydrogens is 384 g/mol. The second-order valence-corrected chi connectivity index (χ2v) is 6.80. The second kappa shape index (κ2) is 9.48. The molecule has 0 saturated heterocycles. The van der Waals surface area contributed by atoms with Crippen LogP contribution in [0.3, 0.4) is 0 Å². The molecule has 3 rings (SSSR count). The van der Waals surface area contributed by atoms with Crippen LogP contribution in [0.2, 0.25) is 0 Å². The highest BCUT2D eigenvalue weighted by atomic mass is 16.5. The molecule has 6 heteroatoms. The zero-order valence-electron chi connectivity index (χ0n) is 17.6. The molecule has 0 unspecified atom stereocenters. The number of carbonyl (C=O) groups excluding carboxylic acids is 2. The first-order chi connectivity index (χ1) is 14.5. The van der Waals surface area contributed by atoms with Crippen molar-refractivity contribution in [3.63, 3.8) is 0 Å². The summed E-state index contributed by atoms with van der Waals surface area (Å²) in [5.41, 5.74) is 2.86. The Hall–Kier alpha value is -3.28. The van der Waals surface area contributed by atoms with E-state index in [-0.39, 0.29) is 18.8 Å². The van der Waals surface area contributed by atoms with Crippen LogP contribution in [0.4, 0.5) is 0 Å². The Bertz CT molecular complexity index is 945. The molecule has 2 aromatic rings. The maximum atomic E-state index is 13.1. The minimum Gasteiger partial charge on any atom is -0.497 e. The summed E-state index contributed by atoms with van der Waals surface area (Å²) in [5, 5.41) is 0. The normalized spacial score (nSPS) is 17.4. The third-order valence-corrected chi connectivity index (χ3v) is 5.13. The van der Waals surface area contributed by atoms with Crippen molar-refractivity contribution in [1.82, 2.24) is 0 Å². The van der Waals surface area contributed by atoms with E-state index in [1.807, 2.05) is 42.5 Å². The van der Waals surface area contributed by atoms with E-state index < -0.39 is 23.8 Å². The van der Waals surface area contributed by atoms with Crippen molar-refractivity contribution in [1.29, 1.82) is 0 Å². The maximum Gasteiger partial charge on any atom is 0.334 e. The molecule has 0 amide bonds. The number of fused-ring (bicyclic) bond motifs is 1. The molecule has 158 valence electrons. The summed E-state index contributed by atoms with van der Waals surface area (Å²) >= 11 is 0. The number of esters is 2. The fourth-order valence-corrected chi connectivity index (χ4v) is 3.78. The number of hydrogen-bond donors (Lipinski definition) is 0. The first-order valence-corrected chi connectivity index (χ1v) is 9.91. The van der Waals surface area contributed by atoms with E-state index in [0.29, 0.717) is 11.5 Å². The molecule has 2 aromatic carbocycles. The van der Waals surface area contributed by atoms with Crippen LogP contribution in [-0.2, 0) is 19.1 Å². The Kier molecular flexibility index (Phi) is 6.77. The standard InChI is InChI=1S/C24H26O6/c1-5-29-23(25)20-13-16-9-12-18(28-4)14-19(16)21(22(20)24(26)30-6-2)15-7-10-17(27-3)11-8-15/h7-14,21-22H,5-6H2,1-4H3/t21-,22-/m1/s1. The van der Waals surface area contributed by atoms with Crippen molar-refractivity contribution in [2.75, 3.05) is 27.4 Å². The molecule has 0 aliphatic heterocycles. The summed E-state index contributed by atoms with van der Waals surface area (Å²) in [6, 6.07) is 13.1. The molecule has 0 radical (unpaired) electrons. The van der Waals surface area contributed by atoms with Gasteiger partial charge in [-0.05, 0) is 60.9 Å². The fourth-order valence-electron chi connectivity index (χ4n) is 3.78. The Balaban J connectivity index is 2.23. The highest BCUT2D eigenvalue weighted by molar-refractivity contribution is 6.02. The van der Waals surface area contributed by atoms with Gasteiger partial charge in [0, 0.05) is 5.92 Å². The van der Waals surface area contributed by atoms with E-state index in [9.17, 15) is 9.59 Å². The molecule has 0 heterocycles. The third-order valence-electron chi connectivity index (χ3n) is 5.13. The molecular formula is C24H26O6. The smallest absolute Gasteiger partial charge is 0.334 e. The van der Waals surface area contributed by atoms with Crippen molar-refractivity contribution in [2.24, 2.45) is 5.92 Å². The lowest BCUT2D eigenvalue weighted by Gasteiger charge is -2.32. The van der Waals surface area contributed by atoms with Crippen molar-refractivity contribution < 1.29 is 28.5 Å². The van der Waals surface area contributed by atoms with Gasteiger partial charge in [-0.2, -0.15) is 0 Å². The maximum absolute atomic E-state index is 13.1. The average Bonchev–Trinajstić information content (AvgIpc) is 2.77. The molecule has 0 spiro atoms. The SMILES string of the molecule is CCOC(=O)C1=Cc2ccc(OC)cc2[C@@H](c2ccc(OC)cc2)[C@@H]1C(=O)OCC. The van der Waals surface area contributed by atoms with E-state index in [1.54, 1.807) is 34.1 Å². The zero-order chi connectivity index (χ0) is 21.7. The second-order valence-electron chi connectivity index (χ2n) is 6.80. The molecule has 1 aliphatic rings. The Labute approximate surface area is 176 Å². The van der Waals surface area contributed by atoms with Crippen LogP contribution in [0.1, 0.15) is 36.5 Å². The Morgan fingerprint density at radius 2 is 1.50 bits per heavy atom. The first kappa shape index (κ1) is 21.4. The monoisotopic (exact) mass is 410 g/mol. The largest absolute Gasteiger partial charge is 0.497 e. The Morgan fingerprint density at radius 3 is 2.10 bits per heavy atom. The van der Waals surface area contributed by atoms with E-state index in [1.165, 1.54) is 0 Å². The van der Waals surface area contributed by atoms with Gasteiger partial charge in [0.15, 0.2) is 0 Å². The van der Waals surface area contributed by atoms with Gasteiger partial charge in [-0.1, -0.05) is 18.2 Å². The molecule has 1 aliphatic carbocycles. The predicted molar refractivity (Wildman–Crippen MR) is 113 cm³/mol. The van der Waals surface area contributed by atoms with Crippen LogP contribution in [0.25, 0.3) is 6.08 Å². The van der Waals surface area contributed by atoms with Gasteiger partial charge in [0.1, 0.15) is 11.5 Å². The van der Waals surface area contributed by atoms with Crippen molar-refractivity contribution in [3.05, 3.63) is 64.7 Å². The van der Waals surface area contributed by atoms with Gasteiger partial charge in [0.2, 0.25) is 0 Å². The topological polar surface area (TPSA) is 71.1 Å². The lowest BCUT2D eigenvalue weighted by Crippen LogP contribution is -2.33. The van der Waals surface area contributed by atoms with E-state index >= 15 is 0 Å². The van der Waals surface area contributed by atoms with E-state index in [0.717, 1.165) is 16.7 Å². The molecule has 0 bridgehead atoms. The molecule has 0 aromatic heterocycles. The fraction of sp³-hybridized carbons (Fsp3) is 0.333. The summed E-state index contributed by atoms with van der Waals surface area (Å²) in [4.78, 5) is 25.8. The quantitative estimate of drug-likeness (QED) is 0.643. The van der Waals surface area contributed by atoms with Gasteiger partial charge in [-0.25, -0.2) is 4.79 Å². The summed E-state index contributed by atoms with van der Waals surface area (Å²) < 4.78 is 21.3. The third kappa shape index (κ3) is 4.17. The lowest BCUT2D eigenvalue weighted by molar-refractivity contribution is -0.150. The number of ether oxygens (including phenoxy) is 4. The van der Waals surface area contributed by atoms with Crippen LogP contribution >= 0.6 is 0 Å². The molecule has 0 fully saturated rings. The van der Waals surface area contributed by atoms with Gasteiger partial charge in [-0.15, -0.1) is 0 Å². The molecule has 30 heavy (non-hydrogen) atoms. The van der Waals surface area contributed by atoms with Crippen LogP contribution in [0, 0.1) is 5.92 Å². The number of methoxy groups -OCH3 is 2. The summed E-state index contributed by atoms with van der Waals surface area (Å²) in [7, 11) is 3.19. The van der Waals surface area contributed by atoms with Crippen LogP contribution in [-0.4, -0.2) is 39.4 Å². The number of hydrogen-bond acceptors (Lipinski definition) is 6. The number of carbonyl (C=O) groups is 2. The minimum absolute atomic E-state index is 0.214. The van der Waals surface area contributed by atoms with Gasteiger partial charge < -0.3 is 18.9 Å². The number of rotatable bonds is 7. The average molecular weight is 410 g/mol. The zero-order valence-corrected chi connectivity index (χ0v) is 17.6. The molecule has 6 nitrogen and oxygen atoms in total. The van der Waals surface area contributed by atoms with Crippen LogP contribution in [0.5, 0.6) is 11.5 Å². The lowest BCUT2D eigenvalue weighted by atomic mass is 9.71. The summed E-state index contributed by atoms with van der Waals surface area (Å²) in [6.45, 7) is 3.91. The summed E-state index contributed by atoms with van der Waals surface area (Å²) in [6.07, 6.45) is 1.72. The van der Waals surface area contributed by atoms with Crippen molar-refractivity contribution in [3.8, 4) is 11.5 Å². The van der Waals surface area contributed by atoms with Crippen LogP contribution < -0.4 is 9.47 Å². The van der Waals surface area contributed by atoms with Crippen molar-refractivity contribution >= 4 is 18.0 Å². The number of benzene rings is 2. The van der Waals surface area contributed by atoms with E-state index in [2.05, 4.69) is 0 Å². The summed E-state index contributed by atoms with van der Waals surface area (Å²) in [5.74, 6) is -0.889.